The quantitative estimate of drug-likeness (QED) is 0.0896. The Kier molecular flexibility index (Phi) is 11.7. The number of hydrogen-bond acceptors (Lipinski definition) is 4. The largest absolute Gasteiger partial charge is 0.512 e. The van der Waals surface area contributed by atoms with Gasteiger partial charge in [-0.2, -0.15) is 0 Å². The summed E-state index contributed by atoms with van der Waals surface area (Å²) in [4.78, 5) is 21.7. The monoisotopic (exact) mass is 819 g/mol. The van der Waals surface area contributed by atoms with Gasteiger partial charge in [0.2, 0.25) is 0 Å². The third kappa shape index (κ3) is 6.70. The molecule has 0 aliphatic rings. The standard InChI is InChI=1S/C27H20N3.C15H28O2.Ir/c1-17(2)30-26-21-12-6-4-9-19(21)14-15-23(26)24-25(28-16-29-27(24)30)22-13-7-10-18-8-3-5-11-20(18)22;1-7-14(5,8-2)12(16)11-13(17)15(6,9-3)10-4;/h3-12,14-17H,1-2H3;11,16H,7-10H2,1-6H3;/q-1;;/b;12-11-;. The number of fused-ring (bicyclic) bond motifs is 6. The Bertz CT molecular complexity index is 2080. The van der Waals surface area contributed by atoms with Crippen LogP contribution in [0.25, 0.3) is 54.7 Å². The molecule has 6 heteroatoms. The van der Waals surface area contributed by atoms with Crippen LogP contribution in [0.1, 0.15) is 87.1 Å². The number of aromatic nitrogens is 3. The van der Waals surface area contributed by atoms with Crippen molar-refractivity contribution in [3.63, 3.8) is 0 Å². The summed E-state index contributed by atoms with van der Waals surface area (Å²) >= 11 is 0. The minimum Gasteiger partial charge on any atom is -0.512 e. The molecule has 0 aliphatic carbocycles. The fourth-order valence-corrected chi connectivity index (χ4v) is 6.36. The number of carbonyl (C=O) groups excluding carboxylic acids is 1. The Labute approximate surface area is 298 Å². The van der Waals surface area contributed by atoms with Gasteiger partial charge in [0.15, 0.2) is 5.78 Å². The normalized spacial score (nSPS) is 12.4. The fourth-order valence-electron chi connectivity index (χ4n) is 6.36. The van der Waals surface area contributed by atoms with Gasteiger partial charge in [-0.25, -0.2) is 4.98 Å². The second-order valence-electron chi connectivity index (χ2n) is 13.4. The number of aliphatic hydroxyl groups is 1. The third-order valence-electron chi connectivity index (χ3n) is 10.5. The number of hydrogen-bond donors (Lipinski definition) is 1. The van der Waals surface area contributed by atoms with E-state index < -0.39 is 0 Å². The van der Waals surface area contributed by atoms with Gasteiger partial charge in [-0.05, 0) is 44.9 Å². The molecule has 0 fully saturated rings. The van der Waals surface area contributed by atoms with Gasteiger partial charge in [-0.3, -0.25) is 9.78 Å². The summed E-state index contributed by atoms with van der Waals surface area (Å²) in [6.45, 7) is 16.5. The first-order chi connectivity index (χ1) is 22.5. The number of rotatable bonds is 9. The van der Waals surface area contributed by atoms with Crippen LogP contribution in [0.15, 0.2) is 91.0 Å². The SMILES string of the molecule is CC(C)n1c2ncnc(-c3[c-]ccc4ccccc34)c2c2ccc3ccccc3c21.CCC(C)(CC)C(=O)/C=C(\O)C(C)(CC)CC.[Ir]. The van der Waals surface area contributed by atoms with E-state index in [2.05, 4.69) is 91.2 Å². The van der Waals surface area contributed by atoms with Crippen LogP contribution < -0.4 is 0 Å². The van der Waals surface area contributed by atoms with Crippen molar-refractivity contribution < 1.29 is 30.0 Å². The summed E-state index contributed by atoms with van der Waals surface area (Å²) in [7, 11) is 0. The van der Waals surface area contributed by atoms with E-state index in [1.165, 1.54) is 33.1 Å². The zero-order valence-corrected chi connectivity index (χ0v) is 31.9. The zero-order chi connectivity index (χ0) is 33.9. The molecule has 2 aromatic heterocycles. The van der Waals surface area contributed by atoms with E-state index in [0.29, 0.717) is 0 Å². The van der Waals surface area contributed by atoms with E-state index in [4.69, 9.17) is 9.97 Å². The summed E-state index contributed by atoms with van der Waals surface area (Å²) in [5, 5.41) is 17.3. The molecule has 6 aromatic rings. The first-order valence-electron chi connectivity index (χ1n) is 17.0. The van der Waals surface area contributed by atoms with Gasteiger partial charge in [-0.1, -0.05) is 108 Å². The third-order valence-corrected chi connectivity index (χ3v) is 10.5. The maximum Gasteiger partial charge on any atom is 0.164 e. The molecule has 2 heterocycles. The van der Waals surface area contributed by atoms with Crippen molar-refractivity contribution in [3.05, 3.63) is 97.0 Å². The molecule has 0 bridgehead atoms. The smallest absolute Gasteiger partial charge is 0.164 e. The van der Waals surface area contributed by atoms with Crippen LogP contribution in [0.4, 0.5) is 0 Å². The van der Waals surface area contributed by atoms with E-state index in [0.717, 1.165) is 53.4 Å². The number of ketones is 1. The summed E-state index contributed by atoms with van der Waals surface area (Å²) in [5.41, 5.74) is 3.56. The molecule has 0 saturated heterocycles. The van der Waals surface area contributed by atoms with Crippen molar-refractivity contribution in [3.8, 4) is 11.3 Å². The maximum atomic E-state index is 12.2. The van der Waals surface area contributed by atoms with Crippen LogP contribution in [0.3, 0.4) is 0 Å². The van der Waals surface area contributed by atoms with Crippen molar-refractivity contribution >= 4 is 49.3 Å². The van der Waals surface area contributed by atoms with Crippen molar-refractivity contribution in [1.29, 1.82) is 0 Å². The van der Waals surface area contributed by atoms with Gasteiger partial charge < -0.3 is 9.67 Å². The van der Waals surface area contributed by atoms with E-state index >= 15 is 0 Å². The second-order valence-corrected chi connectivity index (χ2v) is 13.4. The molecule has 253 valence electrons. The number of carbonyl (C=O) groups is 1. The molecule has 0 amide bonds. The predicted molar refractivity (Wildman–Crippen MR) is 198 cm³/mol. The average Bonchev–Trinajstić information content (AvgIpc) is 3.46. The van der Waals surface area contributed by atoms with Crippen LogP contribution in [0.5, 0.6) is 0 Å². The van der Waals surface area contributed by atoms with Crippen molar-refractivity contribution in [1.82, 2.24) is 14.5 Å². The topological polar surface area (TPSA) is 68.0 Å². The Morgan fingerprint density at radius 3 is 2.00 bits per heavy atom. The van der Waals surface area contributed by atoms with E-state index in [1.807, 2.05) is 47.6 Å². The van der Waals surface area contributed by atoms with E-state index in [9.17, 15) is 9.90 Å². The summed E-state index contributed by atoms with van der Waals surface area (Å²) in [6, 6.07) is 29.2. The van der Waals surface area contributed by atoms with Gasteiger partial charge in [0.05, 0.1) is 5.52 Å². The molecular formula is C42H48IrN3O2-. The number of allylic oxidation sites excluding steroid dienone is 2. The molecule has 6 rings (SSSR count). The molecule has 0 spiro atoms. The molecule has 1 radical (unpaired) electrons. The van der Waals surface area contributed by atoms with Crippen molar-refractivity contribution in [2.75, 3.05) is 0 Å². The Hall–Kier alpha value is -3.86. The molecule has 4 aromatic carbocycles. The minimum atomic E-state index is -0.337. The summed E-state index contributed by atoms with van der Waals surface area (Å²) in [5.74, 6) is 0.286. The molecule has 0 atom stereocenters. The molecule has 0 saturated carbocycles. The van der Waals surface area contributed by atoms with E-state index in [1.54, 1.807) is 6.33 Å². The van der Waals surface area contributed by atoms with Crippen molar-refractivity contribution in [2.24, 2.45) is 10.8 Å². The van der Waals surface area contributed by atoms with Gasteiger partial charge in [-0.15, -0.1) is 29.1 Å². The Morgan fingerprint density at radius 1 is 0.812 bits per heavy atom. The first kappa shape index (κ1) is 37.0. The van der Waals surface area contributed by atoms with Gasteiger partial charge in [0.25, 0.3) is 0 Å². The number of aliphatic hydroxyl groups excluding tert-OH is 1. The molecule has 1 N–H and O–H groups in total. The van der Waals surface area contributed by atoms with Gasteiger partial charge in [0.1, 0.15) is 17.7 Å². The fraction of sp³-hybridized carbons (Fsp3) is 0.357. The second kappa shape index (κ2) is 15.1. The number of benzene rings is 4. The summed E-state index contributed by atoms with van der Waals surface area (Å²) in [6.07, 6.45) is 6.44. The molecule has 0 unspecified atom stereocenters. The van der Waals surface area contributed by atoms with E-state index in [-0.39, 0.29) is 48.5 Å². The zero-order valence-electron chi connectivity index (χ0n) is 29.5. The Balaban J connectivity index is 0.000000251. The minimum absolute atomic E-state index is 0. The van der Waals surface area contributed by atoms with Gasteiger partial charge >= 0.3 is 0 Å². The van der Waals surface area contributed by atoms with Crippen LogP contribution >= 0.6 is 0 Å². The van der Waals surface area contributed by atoms with Crippen LogP contribution in [-0.4, -0.2) is 25.4 Å². The predicted octanol–water partition coefficient (Wildman–Crippen LogP) is 11.6. The number of nitrogens with zero attached hydrogens (tertiary/aromatic N) is 3. The molecular weight excluding hydrogens is 771 g/mol. The Morgan fingerprint density at radius 2 is 1.40 bits per heavy atom. The van der Waals surface area contributed by atoms with Crippen LogP contribution in [0, 0.1) is 16.9 Å². The maximum absolute atomic E-state index is 12.2. The average molecular weight is 819 g/mol. The first-order valence-corrected chi connectivity index (χ1v) is 17.0. The van der Waals surface area contributed by atoms with Gasteiger partial charge in [0, 0.05) is 64.9 Å². The summed E-state index contributed by atoms with van der Waals surface area (Å²) < 4.78 is 2.35. The van der Waals surface area contributed by atoms with Crippen LogP contribution in [0.2, 0.25) is 0 Å². The molecule has 0 aliphatic heterocycles. The molecule has 48 heavy (non-hydrogen) atoms. The van der Waals surface area contributed by atoms with Crippen LogP contribution in [-0.2, 0) is 24.9 Å². The van der Waals surface area contributed by atoms with Crippen molar-refractivity contribution in [2.45, 2.75) is 87.1 Å². The molecule has 5 nitrogen and oxygen atoms in total.